The quantitative estimate of drug-likeness (QED) is 0.0493. The van der Waals surface area contributed by atoms with Crippen LogP contribution in [0.3, 0.4) is 0 Å². The minimum Gasteiger partial charge on any atom is -0.393 e. The fourth-order valence-corrected chi connectivity index (χ4v) is 19.5. The van der Waals surface area contributed by atoms with Crippen molar-refractivity contribution in [3.63, 3.8) is 0 Å². The number of aliphatic imine (C=N–C) groups is 1. The number of aromatic nitrogens is 15. The van der Waals surface area contributed by atoms with Crippen molar-refractivity contribution < 1.29 is 14.7 Å². The molecule has 27 heteroatoms. The molecule has 3 aliphatic heterocycles. The van der Waals surface area contributed by atoms with Crippen molar-refractivity contribution >= 4 is 101 Å². The second-order valence-electron chi connectivity index (χ2n) is 36.4. The number of piperidine rings is 2. The smallest absolute Gasteiger partial charge is 0.317 e. The number of nitrogens with two attached hydrogens (primary N) is 4. The number of anilines is 4. The van der Waals surface area contributed by atoms with Crippen LogP contribution in [0.25, 0.3) is 139 Å². The molecule has 9 aromatic carbocycles. The summed E-state index contributed by atoms with van der Waals surface area (Å²) >= 11 is 0. The fraction of sp³-hybridized carbons (Fsp3) is 0.195. The monoisotopic (exact) mass is 1840 g/mol. The van der Waals surface area contributed by atoms with Crippen LogP contribution < -0.4 is 28.3 Å². The number of nitrogens with zero attached hydrogens (tertiary/aromatic N) is 19. The van der Waals surface area contributed by atoms with Gasteiger partial charge in [-0.3, -0.25) is 23.0 Å². The number of hydrogen-bond donors (Lipinski definition) is 6. The highest BCUT2D eigenvalue weighted by atomic mass is 16.3. The zero-order chi connectivity index (χ0) is 95.4. The van der Waals surface area contributed by atoms with Crippen LogP contribution in [-0.4, -0.2) is 170 Å². The lowest BCUT2D eigenvalue weighted by Gasteiger charge is -2.32. The molecule has 14 heterocycles. The van der Waals surface area contributed by atoms with Crippen LogP contribution in [0.15, 0.2) is 321 Å². The van der Waals surface area contributed by atoms with Crippen LogP contribution in [0.5, 0.6) is 0 Å². The van der Waals surface area contributed by atoms with Gasteiger partial charge in [0.25, 0.3) is 0 Å². The number of fused-ring (bicyclic) bond motifs is 8. The molecule has 1 unspecified atom stereocenters. The van der Waals surface area contributed by atoms with Gasteiger partial charge in [0.2, 0.25) is 5.91 Å². The SMILES string of the molecule is CCNC(=O)N1CCC(Cc2nc(-c3ccc4ccc(-c5ccccc5)nc4c3)c3c(N)nccn23)CC1.CN(C)CC(=O)N1CCC(Cc2nc(-c3ccc4ccc(-c5ccccc5)nc4c3)c3c(N)nccn23)CC1.Nc1nccn2c(C3CC(O)C3)nc(-c3ccc4ccc(-c5ccccc5)nc4c3)c12.Nc1ncnc2c1C(c1ccc3ccc(-c4ccccc4)nc3c1)=NC2c1ccccc1. The predicted octanol–water partition coefficient (Wildman–Crippen LogP) is 19.4. The van der Waals surface area contributed by atoms with Crippen molar-refractivity contribution in [1.29, 1.82) is 0 Å². The number of carbonyl (C=O) groups is 2. The number of aliphatic hydroxyl groups excluding tert-OH is 1. The molecule has 140 heavy (non-hydrogen) atoms. The third kappa shape index (κ3) is 18.6. The summed E-state index contributed by atoms with van der Waals surface area (Å²) in [6.45, 7) is 6.15. The summed E-state index contributed by atoms with van der Waals surface area (Å²) in [5.41, 5.74) is 49.4. The van der Waals surface area contributed by atoms with Crippen molar-refractivity contribution in [3.8, 4) is 78.8 Å². The van der Waals surface area contributed by atoms with E-state index in [-0.39, 0.29) is 30.0 Å². The van der Waals surface area contributed by atoms with E-state index in [1.165, 1.54) is 6.33 Å². The number of amides is 3. The van der Waals surface area contributed by atoms with Gasteiger partial charge < -0.3 is 48.1 Å². The van der Waals surface area contributed by atoms with E-state index < -0.39 is 0 Å². The standard InChI is InChI=1S/C31H33N7O.C30H31N7O.C27H19N5.C25H21N5O/c1-36(2)20-28(39)37-15-12-21(13-16-37)18-27-35-29(30-31(32)33-14-17-38(27)30)24-9-8-23-10-11-25(34-26(23)19-24)22-6-4-3-5-7-22;1-2-32-30(38)36-15-12-20(13-16-36)18-26-35-27(28-29(31)33-14-17-37(26)28)23-9-8-22-10-11-24(34-25(22)19-23)21-6-4-3-5-7-21;28-27-23-24(32-25(26(23)29-16-30-27)19-9-5-2-6-10-19)20-12-11-18-13-14-21(31-22(18)15-20)17-7-3-1-4-8-17;26-24-23-22(29-25(18-12-19(31)13-18)30(23)11-10-27-24)17-7-6-16-8-9-20(28-21(16)14-17)15-4-2-1-3-5-15/h3-11,14,17,19,21H,12-13,15-16,18,20H2,1-2H3,(H2,32,33);3-11,14,17,19-20H,2,12-13,15-16,18H2,1H3,(H2,31,33)(H,32,38);1-16,25H,(H2,28,29,30);1-11,14,18-19,31H,12-13H2,(H2,26,27). The zero-order valence-corrected chi connectivity index (χ0v) is 77.9. The summed E-state index contributed by atoms with van der Waals surface area (Å²) in [5.74, 6) is 5.99. The van der Waals surface area contributed by atoms with E-state index in [9.17, 15) is 14.7 Å². The molecule has 2 saturated heterocycles. The molecular weight excluding hydrogens is 1740 g/mol. The lowest BCUT2D eigenvalue weighted by molar-refractivity contribution is -0.133. The molecule has 1 atom stereocenters. The van der Waals surface area contributed by atoms with Crippen molar-refractivity contribution in [1.82, 2.24) is 93.0 Å². The van der Waals surface area contributed by atoms with Crippen molar-refractivity contribution in [3.05, 3.63) is 356 Å². The Bertz CT molecular complexity index is 8020. The molecule has 0 radical (unpaired) electrons. The van der Waals surface area contributed by atoms with Gasteiger partial charge in [0.15, 0.2) is 0 Å². The molecule has 0 bridgehead atoms. The van der Waals surface area contributed by atoms with Gasteiger partial charge in [-0.2, -0.15) is 0 Å². The molecule has 0 spiro atoms. The molecule has 20 aromatic rings. The first kappa shape index (κ1) is 89.6. The summed E-state index contributed by atoms with van der Waals surface area (Å²) in [6, 6.07) is 92.3. The summed E-state index contributed by atoms with van der Waals surface area (Å²) < 4.78 is 6.18. The highest BCUT2D eigenvalue weighted by Crippen LogP contribution is 2.43. The van der Waals surface area contributed by atoms with Crippen LogP contribution in [0.1, 0.15) is 97.3 Å². The van der Waals surface area contributed by atoms with Crippen LogP contribution in [-0.2, 0) is 17.6 Å². The number of pyridine rings is 4. The molecule has 1 aliphatic carbocycles. The van der Waals surface area contributed by atoms with E-state index in [1.54, 1.807) is 18.6 Å². The van der Waals surface area contributed by atoms with Crippen LogP contribution in [0, 0.1) is 11.8 Å². The highest BCUT2D eigenvalue weighted by molar-refractivity contribution is 6.19. The lowest BCUT2D eigenvalue weighted by Crippen LogP contribution is -2.44. The normalized spacial score (nSPS) is 15.4. The van der Waals surface area contributed by atoms with E-state index in [4.69, 9.17) is 62.8 Å². The zero-order valence-electron chi connectivity index (χ0n) is 77.9. The number of imidazole rings is 3. The molecule has 4 aliphatic rings. The third-order valence-electron chi connectivity index (χ3n) is 26.9. The minimum absolute atomic E-state index is 0.0266. The van der Waals surface area contributed by atoms with Gasteiger partial charge in [0.1, 0.15) is 86.7 Å². The summed E-state index contributed by atoms with van der Waals surface area (Å²) in [4.78, 5) is 92.3. The first-order valence-corrected chi connectivity index (χ1v) is 47.6. The topological polar surface area (TPSA) is 360 Å². The Labute approximate surface area is 808 Å². The molecule has 694 valence electrons. The highest BCUT2D eigenvalue weighted by Gasteiger charge is 2.36. The molecule has 24 rings (SSSR count). The molecule has 3 fully saturated rings. The fourth-order valence-electron chi connectivity index (χ4n) is 19.5. The predicted molar refractivity (Wildman–Crippen MR) is 555 cm³/mol. The van der Waals surface area contributed by atoms with E-state index in [1.807, 2.05) is 156 Å². The van der Waals surface area contributed by atoms with E-state index in [0.717, 1.165) is 262 Å². The molecular formula is C113H104N24O3. The lowest BCUT2D eigenvalue weighted by atomic mass is 9.82. The molecule has 3 amide bonds. The first-order chi connectivity index (χ1) is 68.5. The Hall–Kier alpha value is -16.9. The summed E-state index contributed by atoms with van der Waals surface area (Å²) in [5, 5.41) is 17.0. The molecule has 27 nitrogen and oxygen atoms in total. The second-order valence-corrected chi connectivity index (χ2v) is 36.4. The molecule has 11 aromatic heterocycles. The average molecular weight is 1850 g/mol. The number of urea groups is 1. The summed E-state index contributed by atoms with van der Waals surface area (Å²) in [6.07, 6.45) is 19.1. The van der Waals surface area contributed by atoms with E-state index in [2.05, 4.69) is 215 Å². The Morgan fingerprint density at radius 3 is 1.19 bits per heavy atom. The summed E-state index contributed by atoms with van der Waals surface area (Å²) in [7, 11) is 3.86. The maximum absolute atomic E-state index is 12.5. The Morgan fingerprint density at radius 1 is 0.407 bits per heavy atom. The van der Waals surface area contributed by atoms with Gasteiger partial charge in [-0.1, -0.05) is 224 Å². The first-order valence-electron chi connectivity index (χ1n) is 47.6. The van der Waals surface area contributed by atoms with Gasteiger partial charge in [-0.15, -0.1) is 0 Å². The van der Waals surface area contributed by atoms with Gasteiger partial charge in [0.05, 0.1) is 74.5 Å². The van der Waals surface area contributed by atoms with Gasteiger partial charge >= 0.3 is 6.03 Å². The van der Waals surface area contributed by atoms with Gasteiger partial charge in [0, 0.05) is 155 Å². The maximum Gasteiger partial charge on any atom is 0.317 e. The van der Waals surface area contributed by atoms with Crippen molar-refractivity contribution in [2.75, 3.05) is 76.3 Å². The van der Waals surface area contributed by atoms with Gasteiger partial charge in [-0.25, -0.2) is 64.6 Å². The number of nitrogen functional groups attached to an aromatic ring is 4. The Kier molecular flexibility index (Phi) is 25.2. The number of rotatable bonds is 17. The largest absolute Gasteiger partial charge is 0.393 e. The third-order valence-corrected chi connectivity index (χ3v) is 26.9. The second kappa shape index (κ2) is 39.4. The number of nitrogens with one attached hydrogen (secondary N) is 1. The van der Waals surface area contributed by atoms with E-state index >= 15 is 0 Å². The molecule has 10 N–H and O–H groups in total. The minimum atomic E-state index is -0.249. The number of benzene rings is 9. The average Bonchev–Trinajstić information content (AvgIpc) is 1.61. The maximum atomic E-state index is 12.5. The number of likely N-dealkylation sites (N-methyl/N-ethyl adjacent to an activating group) is 1. The molecule has 1 saturated carbocycles. The van der Waals surface area contributed by atoms with Crippen LogP contribution in [0.4, 0.5) is 28.1 Å². The number of aliphatic hydroxyl groups is 1. The van der Waals surface area contributed by atoms with Crippen LogP contribution in [0.2, 0.25) is 0 Å². The van der Waals surface area contributed by atoms with Gasteiger partial charge in [-0.05, 0) is 125 Å². The number of likely N-dealkylation sites (tertiary alicyclic amines) is 2. The number of carbonyl (C=O) groups excluding carboxylic acids is 2. The Morgan fingerprint density at radius 2 is 0.779 bits per heavy atom. The Balaban J connectivity index is 0.000000111. The van der Waals surface area contributed by atoms with Crippen molar-refractivity contribution in [2.24, 2.45) is 16.8 Å². The van der Waals surface area contributed by atoms with E-state index in [0.29, 0.717) is 48.2 Å². The number of hydrogen-bond acceptors (Lipinski definition) is 21. The van der Waals surface area contributed by atoms with Crippen LogP contribution >= 0.6 is 0 Å². The van der Waals surface area contributed by atoms with Crippen molar-refractivity contribution in [2.45, 2.75) is 76.4 Å².